The van der Waals surface area contributed by atoms with Gasteiger partial charge >= 0.3 is 0 Å². The molecule has 0 spiro atoms. The van der Waals surface area contributed by atoms with Gasteiger partial charge in [-0.3, -0.25) is 9.69 Å². The molecule has 1 N–H and O–H groups in total. The van der Waals surface area contributed by atoms with Crippen LogP contribution in [0, 0.1) is 0 Å². The van der Waals surface area contributed by atoms with E-state index in [0.29, 0.717) is 17.3 Å². The smallest absolute Gasteiger partial charge is 0.251 e. The van der Waals surface area contributed by atoms with E-state index in [1.54, 1.807) is 6.33 Å². The van der Waals surface area contributed by atoms with E-state index in [2.05, 4.69) is 20.3 Å². The molecule has 1 amide bonds. The molecule has 3 aromatic rings. The highest BCUT2D eigenvalue weighted by Crippen LogP contribution is 2.26. The third-order valence-electron chi connectivity index (χ3n) is 5.02. The summed E-state index contributed by atoms with van der Waals surface area (Å²) in [5.41, 5.74) is 1.59. The Hall–Kier alpha value is -2.70. The predicted molar refractivity (Wildman–Crippen MR) is 109 cm³/mol. The fraction of sp³-hybridized carbons (Fsp3) is 0.286. The molecule has 1 aliphatic heterocycles. The first-order valence-electron chi connectivity index (χ1n) is 9.41. The maximum atomic E-state index is 12.3. The van der Waals surface area contributed by atoms with Crippen LogP contribution in [0.4, 0.5) is 0 Å². The molecule has 144 valence electrons. The molecule has 0 unspecified atom stereocenters. The standard InChI is InChI=1S/C21H22ClN5O/c22-19-9-5-4-8-18(19)20-23-14-24-27(20)15-26-12-10-17(11-13-26)25-21(28)16-6-2-1-3-7-16/h1-9,14,17H,10-13,15H2,(H,25,28). The SMILES string of the molecule is O=C(NC1CCN(Cn2ncnc2-c2ccccc2Cl)CC1)c1ccccc1. The Morgan fingerprint density at radius 3 is 2.54 bits per heavy atom. The number of hydrogen-bond acceptors (Lipinski definition) is 4. The number of carbonyl (C=O) groups is 1. The molecule has 1 aromatic heterocycles. The third kappa shape index (κ3) is 4.24. The lowest BCUT2D eigenvalue weighted by Gasteiger charge is -2.32. The van der Waals surface area contributed by atoms with Crippen molar-refractivity contribution in [1.29, 1.82) is 0 Å². The van der Waals surface area contributed by atoms with Crippen molar-refractivity contribution in [3.63, 3.8) is 0 Å². The number of halogens is 1. The minimum Gasteiger partial charge on any atom is -0.349 e. The van der Waals surface area contributed by atoms with Crippen molar-refractivity contribution in [3.8, 4) is 11.4 Å². The van der Waals surface area contributed by atoms with Crippen LogP contribution in [-0.4, -0.2) is 44.7 Å². The van der Waals surface area contributed by atoms with Crippen LogP contribution in [-0.2, 0) is 6.67 Å². The van der Waals surface area contributed by atoms with E-state index < -0.39 is 0 Å². The molecule has 1 aliphatic rings. The highest BCUT2D eigenvalue weighted by molar-refractivity contribution is 6.33. The number of rotatable bonds is 5. The predicted octanol–water partition coefficient (Wildman–Crippen LogP) is 3.45. The number of nitrogens with one attached hydrogen (secondary N) is 1. The zero-order chi connectivity index (χ0) is 19.3. The number of nitrogens with zero attached hydrogens (tertiary/aromatic N) is 4. The van der Waals surface area contributed by atoms with E-state index >= 15 is 0 Å². The normalized spacial score (nSPS) is 15.5. The van der Waals surface area contributed by atoms with Crippen LogP contribution in [0.1, 0.15) is 23.2 Å². The van der Waals surface area contributed by atoms with E-state index in [0.717, 1.165) is 37.3 Å². The molecule has 2 aromatic carbocycles. The molecule has 1 saturated heterocycles. The second-order valence-electron chi connectivity index (χ2n) is 6.94. The number of carbonyl (C=O) groups excluding carboxylic acids is 1. The van der Waals surface area contributed by atoms with Crippen LogP contribution in [0.15, 0.2) is 60.9 Å². The zero-order valence-corrected chi connectivity index (χ0v) is 16.2. The summed E-state index contributed by atoms with van der Waals surface area (Å²) in [6.07, 6.45) is 3.38. The average Bonchev–Trinajstić information content (AvgIpc) is 3.18. The average molecular weight is 396 g/mol. The molecule has 0 aliphatic carbocycles. The molecule has 0 bridgehead atoms. The van der Waals surface area contributed by atoms with Gasteiger partial charge in [-0.1, -0.05) is 41.9 Å². The number of hydrogen-bond donors (Lipinski definition) is 1. The molecular weight excluding hydrogens is 374 g/mol. The van der Waals surface area contributed by atoms with Gasteiger partial charge in [0.25, 0.3) is 5.91 Å². The highest BCUT2D eigenvalue weighted by atomic mass is 35.5. The van der Waals surface area contributed by atoms with Gasteiger partial charge in [0.05, 0.1) is 11.7 Å². The summed E-state index contributed by atoms with van der Waals surface area (Å²) in [6.45, 7) is 2.43. The molecule has 0 atom stereocenters. The number of amides is 1. The van der Waals surface area contributed by atoms with Crippen LogP contribution >= 0.6 is 11.6 Å². The minimum atomic E-state index is -0.00340. The molecule has 0 radical (unpaired) electrons. The first-order valence-corrected chi connectivity index (χ1v) is 9.79. The van der Waals surface area contributed by atoms with Gasteiger partial charge < -0.3 is 5.32 Å². The van der Waals surface area contributed by atoms with Crippen molar-refractivity contribution >= 4 is 17.5 Å². The lowest BCUT2D eigenvalue weighted by atomic mass is 10.0. The van der Waals surface area contributed by atoms with Crippen LogP contribution in [0.5, 0.6) is 0 Å². The molecule has 7 heteroatoms. The quantitative estimate of drug-likeness (QED) is 0.718. The molecule has 0 saturated carbocycles. The fourth-order valence-corrected chi connectivity index (χ4v) is 3.71. The van der Waals surface area contributed by atoms with E-state index in [9.17, 15) is 4.79 Å². The van der Waals surface area contributed by atoms with Crippen molar-refractivity contribution in [2.75, 3.05) is 13.1 Å². The van der Waals surface area contributed by atoms with Crippen molar-refractivity contribution < 1.29 is 4.79 Å². The van der Waals surface area contributed by atoms with E-state index in [-0.39, 0.29) is 11.9 Å². The van der Waals surface area contributed by atoms with Gasteiger partial charge in [0.15, 0.2) is 5.82 Å². The molecule has 6 nitrogen and oxygen atoms in total. The summed E-state index contributed by atoms with van der Waals surface area (Å²) in [5, 5.41) is 8.18. The van der Waals surface area contributed by atoms with Gasteiger partial charge in [0.2, 0.25) is 0 Å². The van der Waals surface area contributed by atoms with Gasteiger partial charge in [-0.2, -0.15) is 5.10 Å². The zero-order valence-electron chi connectivity index (χ0n) is 15.5. The molecular formula is C21H22ClN5O. The Balaban J connectivity index is 1.34. The lowest BCUT2D eigenvalue weighted by molar-refractivity contribution is 0.0897. The lowest BCUT2D eigenvalue weighted by Crippen LogP contribution is -2.45. The topological polar surface area (TPSA) is 63.1 Å². The summed E-state index contributed by atoms with van der Waals surface area (Å²) >= 11 is 6.31. The molecule has 28 heavy (non-hydrogen) atoms. The highest BCUT2D eigenvalue weighted by Gasteiger charge is 2.22. The van der Waals surface area contributed by atoms with Gasteiger partial charge in [-0.05, 0) is 37.1 Å². The summed E-state index contributed by atoms with van der Waals surface area (Å²) < 4.78 is 1.88. The minimum absolute atomic E-state index is 0.00340. The van der Waals surface area contributed by atoms with Gasteiger partial charge in [0.1, 0.15) is 6.33 Å². The first-order chi connectivity index (χ1) is 13.7. The van der Waals surface area contributed by atoms with Crippen molar-refractivity contribution in [3.05, 3.63) is 71.5 Å². The first kappa shape index (κ1) is 18.7. The number of piperidine rings is 1. The molecule has 2 heterocycles. The van der Waals surface area contributed by atoms with E-state index in [1.807, 2.05) is 59.3 Å². The van der Waals surface area contributed by atoms with Crippen LogP contribution in [0.3, 0.4) is 0 Å². The Labute approximate surface area is 169 Å². The van der Waals surface area contributed by atoms with Crippen molar-refractivity contribution in [2.24, 2.45) is 0 Å². The summed E-state index contributed by atoms with van der Waals surface area (Å²) in [6, 6.07) is 17.2. The maximum Gasteiger partial charge on any atom is 0.251 e. The van der Waals surface area contributed by atoms with E-state index in [4.69, 9.17) is 11.6 Å². The largest absolute Gasteiger partial charge is 0.349 e. The van der Waals surface area contributed by atoms with E-state index in [1.165, 1.54) is 0 Å². The van der Waals surface area contributed by atoms with Crippen molar-refractivity contribution in [2.45, 2.75) is 25.6 Å². The Bertz CT molecular complexity index is 935. The number of aromatic nitrogens is 3. The van der Waals surface area contributed by atoms with Gasteiger partial charge in [-0.15, -0.1) is 0 Å². The number of likely N-dealkylation sites (tertiary alicyclic amines) is 1. The van der Waals surface area contributed by atoms with Crippen molar-refractivity contribution in [1.82, 2.24) is 25.0 Å². The summed E-state index contributed by atoms with van der Waals surface area (Å²) in [5.74, 6) is 0.765. The van der Waals surface area contributed by atoms with Gasteiger partial charge in [0, 0.05) is 30.3 Å². The second-order valence-corrected chi connectivity index (χ2v) is 7.34. The summed E-state index contributed by atoms with van der Waals surface area (Å²) in [4.78, 5) is 19.0. The van der Waals surface area contributed by atoms with Crippen LogP contribution < -0.4 is 5.32 Å². The molecule has 1 fully saturated rings. The Morgan fingerprint density at radius 2 is 1.79 bits per heavy atom. The van der Waals surface area contributed by atoms with Gasteiger partial charge in [-0.25, -0.2) is 9.67 Å². The molecule has 4 rings (SSSR count). The Morgan fingerprint density at radius 1 is 1.07 bits per heavy atom. The summed E-state index contributed by atoms with van der Waals surface area (Å²) in [7, 11) is 0. The second kappa shape index (κ2) is 8.54. The Kier molecular flexibility index (Phi) is 5.69. The fourth-order valence-electron chi connectivity index (χ4n) is 3.49. The maximum absolute atomic E-state index is 12.3. The van der Waals surface area contributed by atoms with Crippen LogP contribution in [0.25, 0.3) is 11.4 Å². The van der Waals surface area contributed by atoms with Crippen LogP contribution in [0.2, 0.25) is 5.02 Å². The third-order valence-corrected chi connectivity index (χ3v) is 5.35. The number of benzene rings is 2. The monoisotopic (exact) mass is 395 g/mol.